The molecule has 1 aromatic carbocycles. The van der Waals surface area contributed by atoms with Crippen LogP contribution in [0.1, 0.15) is 32.1 Å². The highest BCUT2D eigenvalue weighted by molar-refractivity contribution is 5.73. The topological polar surface area (TPSA) is 87.2 Å². The number of phenols is 1. The van der Waals surface area contributed by atoms with Gasteiger partial charge in [-0.05, 0) is 56.5 Å². The summed E-state index contributed by atoms with van der Waals surface area (Å²) in [5.41, 5.74) is 3.07. The number of nitrogens with zero attached hydrogens (tertiary/aromatic N) is 4. The van der Waals surface area contributed by atoms with E-state index in [1.165, 1.54) is 19.3 Å². The summed E-state index contributed by atoms with van der Waals surface area (Å²) in [5, 5.41) is 25.7. The van der Waals surface area contributed by atoms with Gasteiger partial charge >= 0.3 is 0 Å². The second kappa shape index (κ2) is 7.48. The molecule has 2 fully saturated rings. The summed E-state index contributed by atoms with van der Waals surface area (Å²) in [4.78, 5) is 2.52. The maximum atomic E-state index is 10.5. The molecule has 2 saturated heterocycles. The third kappa shape index (κ3) is 3.58. The van der Waals surface area contributed by atoms with Crippen molar-refractivity contribution in [3.8, 4) is 34.0 Å². The fourth-order valence-corrected chi connectivity index (χ4v) is 4.70. The second-order valence-corrected chi connectivity index (χ2v) is 8.09. The van der Waals surface area contributed by atoms with Crippen LogP contribution in [0.4, 0.5) is 0 Å². The molecule has 7 nitrogen and oxygen atoms in total. The van der Waals surface area contributed by atoms with Crippen LogP contribution in [0.25, 0.3) is 22.4 Å². The Morgan fingerprint density at radius 3 is 2.55 bits per heavy atom. The molecule has 2 N–H and O–H groups in total. The number of benzene rings is 1. The van der Waals surface area contributed by atoms with Crippen molar-refractivity contribution in [2.45, 2.75) is 50.3 Å². The Morgan fingerprint density at radius 2 is 1.90 bits per heavy atom. The van der Waals surface area contributed by atoms with Crippen LogP contribution >= 0.6 is 0 Å². The highest BCUT2D eigenvalue weighted by atomic mass is 16.5. The molecule has 150 valence electrons. The van der Waals surface area contributed by atoms with Gasteiger partial charge in [0.15, 0.2) is 0 Å². The Morgan fingerprint density at radius 1 is 1.07 bits per heavy atom. The Labute approximate surface area is 169 Å². The molecule has 2 aliphatic heterocycles. The number of aromatic nitrogens is 4. The lowest BCUT2D eigenvalue weighted by Gasteiger charge is -2.46. The molecule has 2 unspecified atom stereocenters. The quantitative estimate of drug-likeness (QED) is 0.706. The van der Waals surface area contributed by atoms with Gasteiger partial charge in [-0.1, -0.05) is 12.5 Å². The van der Waals surface area contributed by atoms with Crippen LogP contribution in [0.15, 0.2) is 42.7 Å². The molecule has 0 radical (unpaired) electrons. The van der Waals surface area contributed by atoms with Crippen molar-refractivity contribution in [1.29, 1.82) is 0 Å². The van der Waals surface area contributed by atoms with Gasteiger partial charge in [-0.25, -0.2) is 0 Å². The zero-order chi connectivity index (χ0) is 19.8. The molecule has 0 amide bonds. The van der Waals surface area contributed by atoms with Gasteiger partial charge in [0.05, 0.1) is 11.9 Å². The van der Waals surface area contributed by atoms with E-state index in [9.17, 15) is 5.11 Å². The van der Waals surface area contributed by atoms with E-state index in [0.717, 1.165) is 24.0 Å². The zero-order valence-electron chi connectivity index (χ0n) is 16.5. The van der Waals surface area contributed by atoms with Crippen LogP contribution in [0.5, 0.6) is 11.6 Å². The van der Waals surface area contributed by atoms with Crippen molar-refractivity contribution in [2.24, 2.45) is 0 Å². The highest BCUT2D eigenvalue weighted by Gasteiger charge is 2.37. The molecule has 29 heavy (non-hydrogen) atoms. The summed E-state index contributed by atoms with van der Waals surface area (Å²) < 4.78 is 6.16. The van der Waals surface area contributed by atoms with Gasteiger partial charge < -0.3 is 14.7 Å². The van der Waals surface area contributed by atoms with Crippen molar-refractivity contribution in [3.63, 3.8) is 0 Å². The number of aromatic hydroxyl groups is 1. The third-order valence-corrected chi connectivity index (χ3v) is 6.33. The standard InChI is InChI=1S/C22H25N5O2/c1-27-16-3-2-4-17(27)11-18(10-16)29-22-8-7-20(25-26-22)19-6-5-14(9-21(19)28)15-12-23-24-13-15/h5-9,12-13,16-18,28H,2-4,10-11H2,1H3,(H,23,24). The number of piperidine rings is 2. The van der Waals surface area contributed by atoms with Crippen LogP contribution < -0.4 is 4.74 Å². The third-order valence-electron chi connectivity index (χ3n) is 6.33. The zero-order valence-corrected chi connectivity index (χ0v) is 16.5. The number of hydrogen-bond acceptors (Lipinski definition) is 6. The molecule has 4 heterocycles. The monoisotopic (exact) mass is 391 g/mol. The molecule has 2 atom stereocenters. The van der Waals surface area contributed by atoms with Crippen molar-refractivity contribution >= 4 is 0 Å². The Balaban J connectivity index is 1.29. The Hall–Kier alpha value is -2.93. The number of nitrogens with one attached hydrogen (secondary N) is 1. The van der Waals surface area contributed by atoms with Gasteiger partial charge in [-0.15, -0.1) is 10.2 Å². The average Bonchev–Trinajstić information content (AvgIpc) is 3.24. The predicted octanol–water partition coefficient (Wildman–Crippen LogP) is 3.63. The lowest BCUT2D eigenvalue weighted by molar-refractivity contribution is -0.00174. The Bertz CT molecular complexity index is 959. The summed E-state index contributed by atoms with van der Waals surface area (Å²) in [6, 6.07) is 10.4. The van der Waals surface area contributed by atoms with Gasteiger partial charge in [-0.2, -0.15) is 5.10 Å². The minimum atomic E-state index is 0.162. The normalized spacial score (nSPS) is 24.4. The average molecular weight is 391 g/mol. The van der Waals surface area contributed by atoms with E-state index in [2.05, 4.69) is 32.3 Å². The lowest BCUT2D eigenvalue weighted by atomic mass is 9.83. The van der Waals surface area contributed by atoms with E-state index in [-0.39, 0.29) is 11.9 Å². The number of H-pyrrole nitrogens is 1. The van der Waals surface area contributed by atoms with Gasteiger partial charge in [0.1, 0.15) is 11.9 Å². The number of ether oxygens (including phenoxy) is 1. The van der Waals surface area contributed by atoms with E-state index in [0.29, 0.717) is 29.2 Å². The number of fused-ring (bicyclic) bond motifs is 2. The molecular formula is C22H25N5O2. The van der Waals surface area contributed by atoms with Crippen LogP contribution in [0.3, 0.4) is 0 Å². The predicted molar refractivity (Wildman–Crippen MR) is 110 cm³/mol. The van der Waals surface area contributed by atoms with Gasteiger partial charge in [-0.3, -0.25) is 5.10 Å². The molecule has 7 heteroatoms. The van der Waals surface area contributed by atoms with E-state index < -0.39 is 0 Å². The fourth-order valence-electron chi connectivity index (χ4n) is 4.70. The van der Waals surface area contributed by atoms with Crippen molar-refractivity contribution in [1.82, 2.24) is 25.3 Å². The number of hydrogen-bond donors (Lipinski definition) is 2. The highest BCUT2D eigenvalue weighted by Crippen LogP contribution is 2.35. The van der Waals surface area contributed by atoms with E-state index in [1.807, 2.05) is 24.3 Å². The number of phenolic OH excluding ortho intramolecular Hbond substituents is 1. The summed E-state index contributed by atoms with van der Waals surface area (Å²) in [7, 11) is 2.24. The smallest absolute Gasteiger partial charge is 0.233 e. The van der Waals surface area contributed by atoms with Crippen LogP contribution in [0.2, 0.25) is 0 Å². The second-order valence-electron chi connectivity index (χ2n) is 8.09. The first-order valence-electron chi connectivity index (χ1n) is 10.2. The number of rotatable bonds is 4. The minimum Gasteiger partial charge on any atom is -0.507 e. The molecule has 2 aromatic heterocycles. The largest absolute Gasteiger partial charge is 0.507 e. The number of aromatic amines is 1. The Kier molecular flexibility index (Phi) is 4.67. The maximum Gasteiger partial charge on any atom is 0.233 e. The van der Waals surface area contributed by atoms with Crippen LogP contribution in [-0.2, 0) is 0 Å². The van der Waals surface area contributed by atoms with Crippen molar-refractivity contribution < 1.29 is 9.84 Å². The molecule has 3 aromatic rings. The summed E-state index contributed by atoms with van der Waals surface area (Å²) in [6.45, 7) is 0. The van der Waals surface area contributed by atoms with E-state index >= 15 is 0 Å². The molecule has 0 aliphatic carbocycles. The molecule has 2 aliphatic rings. The van der Waals surface area contributed by atoms with Crippen LogP contribution in [0, 0.1) is 0 Å². The minimum absolute atomic E-state index is 0.162. The van der Waals surface area contributed by atoms with Gasteiger partial charge in [0.2, 0.25) is 5.88 Å². The SMILES string of the molecule is CN1C2CCCC1CC(Oc1ccc(-c3ccc(-c4cn[nH]c4)cc3O)nn1)C2. The van der Waals surface area contributed by atoms with Crippen molar-refractivity contribution in [2.75, 3.05) is 7.05 Å². The summed E-state index contributed by atoms with van der Waals surface area (Å²) >= 11 is 0. The summed E-state index contributed by atoms with van der Waals surface area (Å²) in [6.07, 6.45) is 9.64. The van der Waals surface area contributed by atoms with Crippen LogP contribution in [-0.4, -0.2) is 55.6 Å². The summed E-state index contributed by atoms with van der Waals surface area (Å²) in [5.74, 6) is 0.714. The molecular weight excluding hydrogens is 366 g/mol. The molecule has 2 bridgehead atoms. The van der Waals surface area contributed by atoms with Crippen molar-refractivity contribution in [3.05, 3.63) is 42.7 Å². The first kappa shape index (κ1) is 18.1. The lowest BCUT2D eigenvalue weighted by Crippen LogP contribution is -2.52. The molecule has 0 saturated carbocycles. The fraction of sp³-hybridized carbons (Fsp3) is 0.409. The van der Waals surface area contributed by atoms with Gasteiger partial charge in [0, 0.05) is 35.5 Å². The maximum absolute atomic E-state index is 10.5. The molecule has 5 rings (SSSR count). The van der Waals surface area contributed by atoms with E-state index in [4.69, 9.17) is 4.74 Å². The first-order chi connectivity index (χ1) is 14.2. The van der Waals surface area contributed by atoms with E-state index in [1.54, 1.807) is 18.5 Å². The first-order valence-corrected chi connectivity index (χ1v) is 10.2. The molecule has 0 spiro atoms. The van der Waals surface area contributed by atoms with Gasteiger partial charge in [0.25, 0.3) is 0 Å².